The Morgan fingerprint density at radius 3 is 2.56 bits per heavy atom. The van der Waals surface area contributed by atoms with Gasteiger partial charge in [-0.2, -0.15) is 5.10 Å². The van der Waals surface area contributed by atoms with Crippen molar-refractivity contribution in [3.8, 4) is 5.69 Å². The first-order valence-electron chi connectivity index (χ1n) is 9.49. The molecule has 0 aliphatic rings. The zero-order valence-electron chi connectivity index (χ0n) is 16.5. The highest BCUT2D eigenvalue weighted by molar-refractivity contribution is 9.10. The molecule has 9 heteroatoms. The highest BCUT2D eigenvalue weighted by Crippen LogP contribution is 2.22. The van der Waals surface area contributed by atoms with Gasteiger partial charge in [0.05, 0.1) is 28.6 Å². The van der Waals surface area contributed by atoms with Crippen molar-refractivity contribution >= 4 is 62.3 Å². The Kier molecular flexibility index (Phi) is 7.04. The number of nitrogens with one attached hydrogen (secondary N) is 1. The van der Waals surface area contributed by atoms with E-state index in [1.165, 1.54) is 4.57 Å². The number of thioether (sulfide) groups is 1. The second-order valence-corrected chi connectivity index (χ2v) is 8.96. The molecular formula is C23H16BrClN4O2S. The van der Waals surface area contributed by atoms with Crippen molar-refractivity contribution in [3.63, 3.8) is 0 Å². The van der Waals surface area contributed by atoms with Gasteiger partial charge in [-0.05, 0) is 54.1 Å². The number of hydrogen-bond acceptors (Lipinski definition) is 5. The van der Waals surface area contributed by atoms with Crippen molar-refractivity contribution < 1.29 is 4.79 Å². The minimum Gasteiger partial charge on any atom is -0.272 e. The highest BCUT2D eigenvalue weighted by Gasteiger charge is 2.14. The molecule has 1 heterocycles. The van der Waals surface area contributed by atoms with Crippen LogP contribution in [0.1, 0.15) is 5.56 Å². The number of hydrazone groups is 1. The van der Waals surface area contributed by atoms with Crippen LogP contribution in [0.5, 0.6) is 0 Å². The lowest BCUT2D eigenvalue weighted by Crippen LogP contribution is -2.24. The van der Waals surface area contributed by atoms with Crippen LogP contribution in [-0.2, 0) is 4.79 Å². The Bertz CT molecular complexity index is 1360. The van der Waals surface area contributed by atoms with Gasteiger partial charge in [-0.25, -0.2) is 10.4 Å². The summed E-state index contributed by atoms with van der Waals surface area (Å²) in [4.78, 5) is 30.1. The SMILES string of the molecule is O=C(CSc1nc2ccccc2c(=O)n1-c1ccc(Cl)cc1)N/N=C/c1ccc(Br)cc1. The van der Waals surface area contributed by atoms with E-state index in [0.717, 1.165) is 21.8 Å². The first-order valence-corrected chi connectivity index (χ1v) is 11.6. The number of hydrogen-bond donors (Lipinski definition) is 1. The number of carbonyl (C=O) groups is 1. The molecule has 0 fully saturated rings. The summed E-state index contributed by atoms with van der Waals surface area (Å²) < 4.78 is 2.45. The molecule has 4 aromatic rings. The largest absolute Gasteiger partial charge is 0.272 e. The number of benzene rings is 3. The van der Waals surface area contributed by atoms with Crippen LogP contribution in [0.3, 0.4) is 0 Å². The third-order valence-electron chi connectivity index (χ3n) is 4.43. The molecule has 6 nitrogen and oxygen atoms in total. The van der Waals surface area contributed by atoms with Gasteiger partial charge in [-0.1, -0.05) is 63.6 Å². The Balaban J connectivity index is 1.56. The molecule has 0 aliphatic heterocycles. The Morgan fingerprint density at radius 1 is 1.09 bits per heavy atom. The third-order valence-corrected chi connectivity index (χ3v) is 6.15. The average molecular weight is 528 g/mol. The zero-order chi connectivity index (χ0) is 22.5. The van der Waals surface area contributed by atoms with E-state index in [4.69, 9.17) is 11.6 Å². The number of rotatable bonds is 6. The van der Waals surface area contributed by atoms with Crippen molar-refractivity contribution in [2.75, 3.05) is 5.75 Å². The molecule has 0 spiro atoms. The van der Waals surface area contributed by atoms with Gasteiger partial charge >= 0.3 is 0 Å². The predicted octanol–water partition coefficient (Wildman–Crippen LogP) is 5.04. The van der Waals surface area contributed by atoms with Crippen LogP contribution in [0.2, 0.25) is 5.02 Å². The fourth-order valence-corrected chi connectivity index (χ4v) is 4.11. The van der Waals surface area contributed by atoms with Gasteiger partial charge in [0.15, 0.2) is 5.16 Å². The third kappa shape index (κ3) is 5.27. The Labute approximate surface area is 201 Å². The maximum Gasteiger partial charge on any atom is 0.266 e. The maximum atomic E-state index is 13.2. The van der Waals surface area contributed by atoms with Gasteiger partial charge in [0.2, 0.25) is 0 Å². The van der Waals surface area contributed by atoms with Gasteiger partial charge in [-0.15, -0.1) is 0 Å². The molecule has 0 radical (unpaired) electrons. The smallest absolute Gasteiger partial charge is 0.266 e. The van der Waals surface area contributed by atoms with E-state index in [-0.39, 0.29) is 17.2 Å². The van der Waals surface area contributed by atoms with Crippen LogP contribution in [0.25, 0.3) is 16.6 Å². The normalized spacial score (nSPS) is 11.2. The molecule has 1 amide bonds. The lowest BCUT2D eigenvalue weighted by Gasteiger charge is -2.13. The molecule has 1 aromatic heterocycles. The summed E-state index contributed by atoms with van der Waals surface area (Å²) in [6, 6.07) is 21.5. The van der Waals surface area contributed by atoms with Crippen molar-refractivity contribution in [3.05, 3.63) is 98.2 Å². The second kappa shape index (κ2) is 10.1. The molecule has 0 bridgehead atoms. The summed E-state index contributed by atoms with van der Waals surface area (Å²) in [6.07, 6.45) is 1.56. The Morgan fingerprint density at radius 2 is 1.81 bits per heavy atom. The van der Waals surface area contributed by atoms with E-state index >= 15 is 0 Å². The molecule has 3 aromatic carbocycles. The van der Waals surface area contributed by atoms with Crippen molar-refractivity contribution in [1.29, 1.82) is 0 Å². The second-order valence-electron chi connectivity index (χ2n) is 6.66. The molecule has 32 heavy (non-hydrogen) atoms. The summed E-state index contributed by atoms with van der Waals surface area (Å²) in [5, 5.41) is 5.45. The van der Waals surface area contributed by atoms with E-state index in [1.807, 2.05) is 30.3 Å². The monoisotopic (exact) mass is 526 g/mol. The number of aromatic nitrogens is 2. The molecule has 4 rings (SSSR count). The van der Waals surface area contributed by atoms with Crippen LogP contribution in [0, 0.1) is 0 Å². The topological polar surface area (TPSA) is 76.3 Å². The van der Waals surface area contributed by atoms with Crippen LogP contribution in [0.4, 0.5) is 0 Å². The van der Waals surface area contributed by atoms with Gasteiger partial charge in [0.1, 0.15) is 0 Å². The van der Waals surface area contributed by atoms with Crippen LogP contribution < -0.4 is 11.0 Å². The minimum atomic E-state index is -0.312. The van der Waals surface area contributed by atoms with E-state index in [9.17, 15) is 9.59 Å². The molecule has 160 valence electrons. The zero-order valence-corrected chi connectivity index (χ0v) is 19.7. The van der Waals surface area contributed by atoms with Crippen LogP contribution in [-0.4, -0.2) is 27.4 Å². The molecular weight excluding hydrogens is 512 g/mol. The summed E-state index contributed by atoms with van der Waals surface area (Å²) in [5.41, 5.74) is 4.33. The van der Waals surface area contributed by atoms with Crippen LogP contribution >= 0.6 is 39.3 Å². The number of fused-ring (bicyclic) bond motifs is 1. The fourth-order valence-electron chi connectivity index (χ4n) is 2.92. The van der Waals surface area contributed by atoms with E-state index in [1.54, 1.807) is 48.7 Å². The molecule has 0 saturated heterocycles. The van der Waals surface area contributed by atoms with Gasteiger partial charge in [0.25, 0.3) is 11.5 Å². The lowest BCUT2D eigenvalue weighted by atomic mass is 10.2. The summed E-state index contributed by atoms with van der Waals surface area (Å²) in [7, 11) is 0. The maximum absolute atomic E-state index is 13.2. The lowest BCUT2D eigenvalue weighted by molar-refractivity contribution is -0.118. The van der Waals surface area contributed by atoms with E-state index in [0.29, 0.717) is 26.8 Å². The van der Waals surface area contributed by atoms with Gasteiger partial charge in [0, 0.05) is 9.50 Å². The van der Waals surface area contributed by atoms with Crippen molar-refractivity contribution in [2.24, 2.45) is 5.10 Å². The van der Waals surface area contributed by atoms with Crippen LogP contribution in [0.15, 0.2) is 92.3 Å². The number of halogens is 2. The molecule has 0 unspecified atom stereocenters. The molecule has 0 atom stereocenters. The van der Waals surface area contributed by atoms with Gasteiger partial charge < -0.3 is 0 Å². The molecule has 0 saturated carbocycles. The first kappa shape index (κ1) is 22.3. The quantitative estimate of drug-likeness (QED) is 0.165. The summed E-state index contributed by atoms with van der Waals surface area (Å²) in [6.45, 7) is 0. The van der Waals surface area contributed by atoms with Crippen molar-refractivity contribution in [2.45, 2.75) is 5.16 Å². The number of amides is 1. The van der Waals surface area contributed by atoms with E-state index < -0.39 is 0 Å². The van der Waals surface area contributed by atoms with Gasteiger partial charge in [-0.3, -0.25) is 14.2 Å². The average Bonchev–Trinajstić information content (AvgIpc) is 2.80. The number of carbonyl (C=O) groups excluding carboxylic acids is 1. The highest BCUT2D eigenvalue weighted by atomic mass is 79.9. The first-order chi connectivity index (χ1) is 15.5. The molecule has 1 N–H and O–H groups in total. The minimum absolute atomic E-state index is 0.0377. The number of para-hydroxylation sites is 1. The standard InChI is InChI=1S/C23H16BrClN4O2S/c24-16-7-5-15(6-8-16)13-26-28-21(30)14-32-23-27-20-4-2-1-3-19(20)22(31)29(23)18-11-9-17(25)10-12-18/h1-13H,14H2,(H,28,30)/b26-13+. The van der Waals surface area contributed by atoms with E-state index in [2.05, 4.69) is 31.4 Å². The Hall–Kier alpha value is -2.94. The summed E-state index contributed by atoms with van der Waals surface area (Å²) in [5.74, 6) is -0.274. The predicted molar refractivity (Wildman–Crippen MR) is 133 cm³/mol. The molecule has 0 aliphatic carbocycles. The fraction of sp³-hybridized carbons (Fsp3) is 0.0435. The van der Waals surface area contributed by atoms with Crippen molar-refractivity contribution in [1.82, 2.24) is 15.0 Å². The number of nitrogens with zero attached hydrogens (tertiary/aromatic N) is 3. The summed E-state index contributed by atoms with van der Waals surface area (Å²) >= 11 is 10.5.